The van der Waals surface area contributed by atoms with Crippen LogP contribution in [0, 0.1) is 5.82 Å². The molecule has 0 aliphatic carbocycles. The number of hydrogen-bond donors (Lipinski definition) is 0. The van der Waals surface area contributed by atoms with Gasteiger partial charge in [0, 0.05) is 44.0 Å². The van der Waals surface area contributed by atoms with Gasteiger partial charge in [0.2, 0.25) is 0 Å². The van der Waals surface area contributed by atoms with Crippen molar-refractivity contribution in [1.29, 1.82) is 0 Å². The summed E-state index contributed by atoms with van der Waals surface area (Å²) >= 11 is 0. The first kappa shape index (κ1) is 17.4. The molecule has 0 spiro atoms. The van der Waals surface area contributed by atoms with Crippen LogP contribution in [0.2, 0.25) is 0 Å². The molecule has 3 aromatic rings. The number of carbonyl (C=O) groups excluding carboxylic acids is 1. The first-order chi connectivity index (χ1) is 13.1. The van der Waals surface area contributed by atoms with Gasteiger partial charge in [-0.25, -0.2) is 9.37 Å². The molecule has 1 aliphatic rings. The van der Waals surface area contributed by atoms with Gasteiger partial charge in [-0.1, -0.05) is 6.07 Å². The molecule has 1 amide bonds. The Hall–Kier alpha value is -3.03. The van der Waals surface area contributed by atoms with Crippen LogP contribution >= 0.6 is 0 Å². The third-order valence-corrected chi connectivity index (χ3v) is 5.03. The van der Waals surface area contributed by atoms with Gasteiger partial charge in [0.1, 0.15) is 11.6 Å². The van der Waals surface area contributed by atoms with Gasteiger partial charge in [-0.05, 0) is 31.0 Å². The molecule has 0 saturated carbocycles. The minimum Gasteiger partial charge on any atom is -0.338 e. The zero-order valence-electron chi connectivity index (χ0n) is 15.1. The van der Waals surface area contributed by atoms with Crippen LogP contribution in [0.1, 0.15) is 40.8 Å². The standard InChI is InChI=1S/C19H21FN6O/c1-24-17(12-25-9-7-21-13-25)22-23-18(24)15-5-3-8-26(11-15)19(27)14-4-2-6-16(20)10-14/h2,4,6-7,9-10,13,15H,3,5,8,11-12H2,1H3/t15-/m0/s1. The van der Waals surface area contributed by atoms with Crippen molar-refractivity contribution in [3.8, 4) is 0 Å². The molecule has 0 radical (unpaired) electrons. The van der Waals surface area contributed by atoms with E-state index in [1.54, 1.807) is 29.6 Å². The molecule has 27 heavy (non-hydrogen) atoms. The lowest BCUT2D eigenvalue weighted by atomic mass is 9.96. The predicted molar refractivity (Wildman–Crippen MR) is 96.6 cm³/mol. The van der Waals surface area contributed by atoms with Crippen LogP contribution in [0.5, 0.6) is 0 Å². The Labute approximate surface area is 156 Å². The van der Waals surface area contributed by atoms with E-state index in [2.05, 4.69) is 15.2 Å². The number of imidazole rings is 1. The van der Waals surface area contributed by atoms with Gasteiger partial charge < -0.3 is 14.0 Å². The first-order valence-electron chi connectivity index (χ1n) is 9.00. The first-order valence-corrected chi connectivity index (χ1v) is 9.00. The van der Waals surface area contributed by atoms with Crippen molar-refractivity contribution in [1.82, 2.24) is 29.2 Å². The van der Waals surface area contributed by atoms with E-state index >= 15 is 0 Å². The highest BCUT2D eigenvalue weighted by Crippen LogP contribution is 2.27. The Balaban J connectivity index is 1.50. The number of aromatic nitrogens is 5. The number of hydrogen-bond acceptors (Lipinski definition) is 4. The molecule has 0 N–H and O–H groups in total. The van der Waals surface area contributed by atoms with Crippen LogP contribution in [-0.2, 0) is 13.6 Å². The number of halogens is 1. The molecule has 0 unspecified atom stereocenters. The maximum Gasteiger partial charge on any atom is 0.253 e. The average Bonchev–Trinajstić information content (AvgIpc) is 3.32. The second-order valence-electron chi connectivity index (χ2n) is 6.87. The number of nitrogens with zero attached hydrogens (tertiary/aromatic N) is 6. The topological polar surface area (TPSA) is 68.8 Å². The van der Waals surface area contributed by atoms with Gasteiger partial charge in [0.05, 0.1) is 12.9 Å². The lowest BCUT2D eigenvalue weighted by molar-refractivity contribution is 0.0703. The Morgan fingerprint density at radius 3 is 3.00 bits per heavy atom. The van der Waals surface area contributed by atoms with Gasteiger partial charge >= 0.3 is 0 Å². The van der Waals surface area contributed by atoms with Gasteiger partial charge in [-0.2, -0.15) is 0 Å². The van der Waals surface area contributed by atoms with Crippen LogP contribution in [0.25, 0.3) is 0 Å². The lowest BCUT2D eigenvalue weighted by Gasteiger charge is -2.32. The number of rotatable bonds is 4. The van der Waals surface area contributed by atoms with E-state index in [0.717, 1.165) is 24.5 Å². The lowest BCUT2D eigenvalue weighted by Crippen LogP contribution is -2.39. The molecule has 1 saturated heterocycles. The molecule has 1 aliphatic heterocycles. The van der Waals surface area contributed by atoms with E-state index in [9.17, 15) is 9.18 Å². The molecular weight excluding hydrogens is 347 g/mol. The summed E-state index contributed by atoms with van der Waals surface area (Å²) in [7, 11) is 1.95. The molecular formula is C19H21FN6O. The average molecular weight is 368 g/mol. The van der Waals surface area contributed by atoms with Gasteiger partial charge in [-0.3, -0.25) is 4.79 Å². The van der Waals surface area contributed by atoms with E-state index < -0.39 is 5.82 Å². The summed E-state index contributed by atoms with van der Waals surface area (Å²) in [5.41, 5.74) is 0.384. The van der Waals surface area contributed by atoms with Crippen molar-refractivity contribution < 1.29 is 9.18 Å². The molecule has 1 aromatic carbocycles. The Bertz CT molecular complexity index is 936. The monoisotopic (exact) mass is 368 g/mol. The highest BCUT2D eigenvalue weighted by atomic mass is 19.1. The van der Waals surface area contributed by atoms with Crippen LogP contribution in [0.4, 0.5) is 4.39 Å². The normalized spacial score (nSPS) is 17.3. The number of amides is 1. The Kier molecular flexibility index (Phi) is 4.70. The molecule has 0 bridgehead atoms. The fraction of sp³-hybridized carbons (Fsp3) is 0.368. The van der Waals surface area contributed by atoms with Crippen molar-refractivity contribution in [2.24, 2.45) is 7.05 Å². The molecule has 2 aromatic heterocycles. The summed E-state index contributed by atoms with van der Waals surface area (Å²) in [6, 6.07) is 5.85. The fourth-order valence-corrected chi connectivity index (χ4v) is 3.59. The summed E-state index contributed by atoms with van der Waals surface area (Å²) in [5.74, 6) is 1.30. The van der Waals surface area contributed by atoms with Crippen molar-refractivity contribution in [3.05, 3.63) is 66.0 Å². The molecule has 3 heterocycles. The summed E-state index contributed by atoms with van der Waals surface area (Å²) in [5, 5.41) is 8.70. The van der Waals surface area contributed by atoms with E-state index in [-0.39, 0.29) is 11.8 Å². The third kappa shape index (κ3) is 3.60. The highest BCUT2D eigenvalue weighted by Gasteiger charge is 2.29. The van der Waals surface area contributed by atoms with E-state index in [1.165, 1.54) is 12.1 Å². The zero-order valence-corrected chi connectivity index (χ0v) is 15.1. The van der Waals surface area contributed by atoms with Crippen LogP contribution in [0.3, 0.4) is 0 Å². The van der Waals surface area contributed by atoms with Crippen molar-refractivity contribution in [2.75, 3.05) is 13.1 Å². The largest absolute Gasteiger partial charge is 0.338 e. The highest BCUT2D eigenvalue weighted by molar-refractivity contribution is 5.94. The maximum absolute atomic E-state index is 13.4. The minimum atomic E-state index is -0.396. The summed E-state index contributed by atoms with van der Waals surface area (Å²) in [6.07, 6.45) is 7.19. The third-order valence-electron chi connectivity index (χ3n) is 5.03. The summed E-state index contributed by atoms with van der Waals surface area (Å²) in [4.78, 5) is 18.6. The molecule has 7 nitrogen and oxygen atoms in total. The summed E-state index contributed by atoms with van der Waals surface area (Å²) in [6.45, 7) is 1.83. The molecule has 1 fully saturated rings. The van der Waals surface area contributed by atoms with Crippen molar-refractivity contribution in [3.63, 3.8) is 0 Å². The smallest absolute Gasteiger partial charge is 0.253 e. The molecule has 4 rings (SSSR count). The SMILES string of the molecule is Cn1c(Cn2ccnc2)nnc1[C@H]1CCCN(C(=O)c2cccc(F)c2)C1. The second kappa shape index (κ2) is 7.30. The molecule has 8 heteroatoms. The quantitative estimate of drug-likeness (QED) is 0.708. The van der Waals surface area contributed by atoms with Gasteiger partial charge in [0.15, 0.2) is 5.82 Å². The van der Waals surface area contributed by atoms with Crippen molar-refractivity contribution >= 4 is 5.91 Å². The number of piperidine rings is 1. The van der Waals surface area contributed by atoms with Gasteiger partial charge in [0.25, 0.3) is 5.91 Å². The predicted octanol–water partition coefficient (Wildman–Crippen LogP) is 2.22. The van der Waals surface area contributed by atoms with Crippen LogP contribution in [-0.4, -0.2) is 48.2 Å². The Morgan fingerprint density at radius 2 is 2.22 bits per heavy atom. The number of carbonyl (C=O) groups is 1. The van der Waals surface area contributed by atoms with Crippen LogP contribution < -0.4 is 0 Å². The number of likely N-dealkylation sites (tertiary alicyclic amines) is 1. The number of benzene rings is 1. The van der Waals surface area contributed by atoms with Crippen LogP contribution in [0.15, 0.2) is 43.0 Å². The Morgan fingerprint density at radius 1 is 1.33 bits per heavy atom. The zero-order chi connectivity index (χ0) is 18.8. The van der Waals surface area contributed by atoms with E-state index in [0.29, 0.717) is 25.2 Å². The minimum absolute atomic E-state index is 0.116. The van der Waals surface area contributed by atoms with Gasteiger partial charge in [-0.15, -0.1) is 10.2 Å². The second-order valence-corrected chi connectivity index (χ2v) is 6.87. The fourth-order valence-electron chi connectivity index (χ4n) is 3.59. The van der Waals surface area contributed by atoms with E-state index in [4.69, 9.17) is 0 Å². The molecule has 1 atom stereocenters. The van der Waals surface area contributed by atoms with Crippen molar-refractivity contribution in [2.45, 2.75) is 25.3 Å². The van der Waals surface area contributed by atoms with E-state index in [1.807, 2.05) is 22.4 Å². The summed E-state index contributed by atoms with van der Waals surface area (Å²) < 4.78 is 17.4. The molecule has 140 valence electrons. The maximum atomic E-state index is 13.4.